The monoisotopic (exact) mass is 481 g/mol. The Morgan fingerprint density at radius 3 is 2.27 bits per heavy atom. The van der Waals surface area contributed by atoms with E-state index in [1.165, 1.54) is 18.4 Å². The van der Waals surface area contributed by atoms with Crippen molar-refractivity contribution in [3.63, 3.8) is 0 Å². The number of alkyl halides is 3. The molecule has 0 saturated heterocycles. The summed E-state index contributed by atoms with van der Waals surface area (Å²) in [5.41, 5.74) is -0.362. The van der Waals surface area contributed by atoms with Crippen molar-refractivity contribution >= 4 is 33.2 Å². The van der Waals surface area contributed by atoms with Gasteiger partial charge in [0.25, 0.3) is 5.91 Å². The van der Waals surface area contributed by atoms with Crippen LogP contribution in [-0.2, 0) is 21.0 Å². The van der Waals surface area contributed by atoms with Gasteiger partial charge in [-0.15, -0.1) is 0 Å². The molecule has 0 bridgehead atoms. The van der Waals surface area contributed by atoms with E-state index in [4.69, 9.17) is 4.42 Å². The first-order chi connectivity index (χ1) is 15.5. The van der Waals surface area contributed by atoms with E-state index in [1.54, 1.807) is 24.3 Å². The Kier molecular flexibility index (Phi) is 7.19. The molecule has 3 aromatic rings. The fraction of sp³-hybridized carbons (Fsp3) is 0.143. The van der Waals surface area contributed by atoms with Gasteiger partial charge >= 0.3 is 6.18 Å². The number of furan rings is 1. The van der Waals surface area contributed by atoms with Crippen LogP contribution < -0.4 is 15.4 Å². The lowest BCUT2D eigenvalue weighted by Gasteiger charge is -2.11. The fourth-order valence-electron chi connectivity index (χ4n) is 2.72. The van der Waals surface area contributed by atoms with Gasteiger partial charge in [-0.05, 0) is 48.5 Å². The molecule has 2 amide bonds. The van der Waals surface area contributed by atoms with Crippen molar-refractivity contribution in [1.82, 2.24) is 4.72 Å². The Morgan fingerprint density at radius 2 is 1.61 bits per heavy atom. The van der Waals surface area contributed by atoms with Crippen molar-refractivity contribution in [2.75, 3.05) is 17.2 Å². The van der Waals surface area contributed by atoms with E-state index in [-0.39, 0.29) is 18.7 Å². The third-order valence-corrected chi connectivity index (χ3v) is 5.72. The molecular weight excluding hydrogens is 463 g/mol. The lowest BCUT2D eigenvalue weighted by Crippen LogP contribution is -2.28. The maximum atomic E-state index is 12.8. The van der Waals surface area contributed by atoms with Crippen molar-refractivity contribution in [3.8, 4) is 0 Å². The van der Waals surface area contributed by atoms with Crippen molar-refractivity contribution < 1.29 is 35.6 Å². The summed E-state index contributed by atoms with van der Waals surface area (Å²) in [6.45, 7) is -0.334. The Bertz CT molecular complexity index is 1240. The van der Waals surface area contributed by atoms with Crippen molar-refractivity contribution in [1.29, 1.82) is 0 Å². The first-order valence-electron chi connectivity index (χ1n) is 9.46. The van der Waals surface area contributed by atoms with Gasteiger partial charge in [-0.3, -0.25) is 9.59 Å². The van der Waals surface area contributed by atoms with Crippen LogP contribution in [0, 0.1) is 0 Å². The molecular formula is C21H18F3N3O5S. The van der Waals surface area contributed by atoms with Crippen LogP contribution in [0.2, 0.25) is 0 Å². The highest BCUT2D eigenvalue weighted by Crippen LogP contribution is 2.30. The van der Waals surface area contributed by atoms with Gasteiger partial charge in [-0.2, -0.15) is 13.2 Å². The van der Waals surface area contributed by atoms with Gasteiger partial charge in [0.15, 0.2) is 5.76 Å². The van der Waals surface area contributed by atoms with E-state index < -0.39 is 38.5 Å². The molecule has 1 heterocycles. The molecule has 0 aliphatic rings. The number of halogens is 3. The molecule has 0 radical (unpaired) electrons. The van der Waals surface area contributed by atoms with Crippen LogP contribution in [0.15, 0.2) is 76.2 Å². The van der Waals surface area contributed by atoms with Crippen LogP contribution in [0.1, 0.15) is 22.5 Å². The summed E-state index contributed by atoms with van der Waals surface area (Å²) in [6.07, 6.45) is -3.61. The molecule has 12 heteroatoms. The number of amides is 2. The average molecular weight is 481 g/mol. The van der Waals surface area contributed by atoms with Gasteiger partial charge in [0.05, 0.1) is 16.7 Å². The first-order valence-corrected chi connectivity index (χ1v) is 10.9. The Hall–Kier alpha value is -3.64. The predicted molar refractivity (Wildman–Crippen MR) is 113 cm³/mol. The van der Waals surface area contributed by atoms with Crippen LogP contribution in [-0.4, -0.2) is 26.8 Å². The number of rotatable bonds is 8. The number of nitrogens with one attached hydrogen (secondary N) is 3. The highest BCUT2D eigenvalue weighted by molar-refractivity contribution is 7.89. The number of anilines is 2. The minimum Gasteiger partial charge on any atom is -0.459 e. The summed E-state index contributed by atoms with van der Waals surface area (Å²) in [5.74, 6) is -0.916. The van der Waals surface area contributed by atoms with Gasteiger partial charge in [0.1, 0.15) is 0 Å². The van der Waals surface area contributed by atoms with Gasteiger partial charge in [0, 0.05) is 24.3 Å². The van der Waals surface area contributed by atoms with E-state index in [2.05, 4.69) is 15.4 Å². The summed E-state index contributed by atoms with van der Waals surface area (Å²) >= 11 is 0. The lowest BCUT2D eigenvalue weighted by atomic mass is 10.2. The second kappa shape index (κ2) is 9.88. The van der Waals surface area contributed by atoms with Crippen LogP contribution in [0.3, 0.4) is 0 Å². The SMILES string of the molecule is O=C(CCNS(=O)(=O)c1cccc(C(F)(F)F)c1)Nc1cccc(NC(=O)c2ccco2)c1. The van der Waals surface area contributed by atoms with Crippen LogP contribution >= 0.6 is 0 Å². The van der Waals surface area contributed by atoms with Crippen molar-refractivity contribution in [2.24, 2.45) is 0 Å². The summed E-state index contributed by atoms with van der Waals surface area (Å²) in [7, 11) is -4.24. The molecule has 0 spiro atoms. The zero-order valence-electron chi connectivity index (χ0n) is 16.8. The summed E-state index contributed by atoms with van der Waals surface area (Å²) in [6, 6.07) is 12.6. The van der Waals surface area contributed by atoms with Gasteiger partial charge in [-0.25, -0.2) is 13.1 Å². The third kappa shape index (κ3) is 6.67. The predicted octanol–water partition coefficient (Wildman–Crippen LogP) is 3.86. The Labute approximate surface area is 186 Å². The normalized spacial score (nSPS) is 11.7. The number of hydrogen-bond acceptors (Lipinski definition) is 5. The zero-order valence-corrected chi connectivity index (χ0v) is 17.7. The van der Waals surface area contributed by atoms with E-state index >= 15 is 0 Å². The standard InChI is InChI=1S/C21H18F3N3O5S/c22-21(23,24)14-4-1-7-17(12-14)33(30,31)25-10-9-19(28)26-15-5-2-6-16(13-15)27-20(29)18-8-3-11-32-18/h1-8,11-13,25H,9-10H2,(H,26,28)(H,27,29). The molecule has 0 aliphatic carbocycles. The first kappa shape index (κ1) is 24.0. The second-order valence-electron chi connectivity index (χ2n) is 6.73. The quantitative estimate of drug-likeness (QED) is 0.452. The van der Waals surface area contributed by atoms with E-state index in [1.807, 2.05) is 0 Å². The molecule has 174 valence electrons. The minimum absolute atomic E-state index is 0.109. The maximum absolute atomic E-state index is 12.8. The van der Waals surface area contributed by atoms with Gasteiger partial charge in [-0.1, -0.05) is 12.1 Å². The smallest absolute Gasteiger partial charge is 0.416 e. The number of carbonyl (C=O) groups excluding carboxylic acids is 2. The molecule has 0 saturated carbocycles. The summed E-state index contributed by atoms with van der Waals surface area (Å²) < 4.78 is 70.0. The molecule has 3 rings (SSSR count). The van der Waals surface area contributed by atoms with Crippen LogP contribution in [0.25, 0.3) is 0 Å². The van der Waals surface area contributed by atoms with Crippen molar-refractivity contribution in [2.45, 2.75) is 17.5 Å². The number of benzene rings is 2. The summed E-state index contributed by atoms with van der Waals surface area (Å²) in [4.78, 5) is 23.6. The van der Waals surface area contributed by atoms with Gasteiger partial charge < -0.3 is 15.1 Å². The highest BCUT2D eigenvalue weighted by Gasteiger charge is 2.31. The number of sulfonamides is 1. The summed E-state index contributed by atoms with van der Waals surface area (Å²) in [5, 5.41) is 5.15. The molecule has 3 N–H and O–H groups in total. The topological polar surface area (TPSA) is 118 Å². The molecule has 33 heavy (non-hydrogen) atoms. The molecule has 0 atom stereocenters. The highest BCUT2D eigenvalue weighted by atomic mass is 32.2. The second-order valence-corrected chi connectivity index (χ2v) is 8.50. The molecule has 0 aliphatic heterocycles. The minimum atomic E-state index is -4.68. The lowest BCUT2D eigenvalue weighted by molar-refractivity contribution is -0.137. The molecule has 2 aromatic carbocycles. The number of carbonyl (C=O) groups is 2. The average Bonchev–Trinajstić information content (AvgIpc) is 3.28. The van der Waals surface area contributed by atoms with E-state index in [0.717, 1.165) is 18.2 Å². The largest absolute Gasteiger partial charge is 0.459 e. The Morgan fingerprint density at radius 1 is 0.909 bits per heavy atom. The zero-order chi connectivity index (χ0) is 24.1. The van der Waals surface area contributed by atoms with Crippen LogP contribution in [0.5, 0.6) is 0 Å². The maximum Gasteiger partial charge on any atom is 0.416 e. The molecule has 8 nitrogen and oxygen atoms in total. The third-order valence-electron chi connectivity index (χ3n) is 4.26. The fourth-order valence-corrected chi connectivity index (χ4v) is 3.80. The van der Waals surface area contributed by atoms with E-state index in [0.29, 0.717) is 17.4 Å². The number of hydrogen-bond donors (Lipinski definition) is 3. The molecule has 0 unspecified atom stereocenters. The molecule has 1 aromatic heterocycles. The van der Waals surface area contributed by atoms with E-state index in [9.17, 15) is 31.2 Å². The van der Waals surface area contributed by atoms with Crippen molar-refractivity contribution in [3.05, 3.63) is 78.3 Å². The van der Waals surface area contributed by atoms with Crippen LogP contribution in [0.4, 0.5) is 24.5 Å². The Balaban J connectivity index is 1.54. The van der Waals surface area contributed by atoms with Gasteiger partial charge in [0.2, 0.25) is 15.9 Å². The molecule has 0 fully saturated rings.